The van der Waals surface area contributed by atoms with E-state index in [1.165, 1.54) is 22.7 Å². The summed E-state index contributed by atoms with van der Waals surface area (Å²) in [4.78, 5) is 28.7. The molecule has 16 heteroatoms. The Balaban J connectivity index is 1.15. The first-order chi connectivity index (χ1) is 23.2. The van der Waals surface area contributed by atoms with Crippen LogP contribution in [-0.2, 0) is 11.3 Å². The molecule has 2 aromatic heterocycles. The van der Waals surface area contributed by atoms with Gasteiger partial charge in [-0.2, -0.15) is 10.3 Å². The molecule has 1 aliphatic heterocycles. The zero-order valence-corrected chi connectivity index (χ0v) is 27.3. The van der Waals surface area contributed by atoms with Crippen LogP contribution in [0.3, 0.4) is 0 Å². The number of ether oxygens (including phenoxy) is 3. The van der Waals surface area contributed by atoms with E-state index in [1.54, 1.807) is 36.7 Å². The van der Waals surface area contributed by atoms with Crippen LogP contribution in [0.2, 0.25) is 10.0 Å². The Morgan fingerprint density at radius 1 is 1.12 bits per heavy atom. The maximum atomic E-state index is 15.3. The van der Waals surface area contributed by atoms with Gasteiger partial charge in [-0.1, -0.05) is 46.5 Å². The summed E-state index contributed by atoms with van der Waals surface area (Å²) >= 11 is 12.6. The van der Waals surface area contributed by atoms with Crippen molar-refractivity contribution in [1.29, 1.82) is 0 Å². The van der Waals surface area contributed by atoms with Crippen molar-refractivity contribution in [2.45, 2.75) is 19.9 Å². The molecule has 0 aliphatic carbocycles. The molecule has 13 nitrogen and oxygen atoms in total. The summed E-state index contributed by atoms with van der Waals surface area (Å²) in [6.07, 6.45) is 3.39. The standard InChI is InChI=1S/C32H29Cl2FN8O5/c1-19-24(33)7-4-9-28(19)46-12-13-48-32(45)43-10-5-11-47-29-22(6-3-8-27(29)43)21-16-36-42(17-21)18-23-25(34)14-20(15-26(23)35)30(44)41(2)31-37-39-40-38-31/h3-4,6-9,14-17H,5,10-13,18H2,1-2H3,(H,37,38,39,40). The molecule has 0 radical (unpaired) electrons. The van der Waals surface area contributed by atoms with Crippen LogP contribution < -0.4 is 19.3 Å². The molecule has 0 unspecified atom stereocenters. The summed E-state index contributed by atoms with van der Waals surface area (Å²) in [5, 5.41) is 18.3. The normalized spacial score (nSPS) is 12.6. The molecule has 6 rings (SSSR count). The Hall–Kier alpha value is -5.21. The number of H-pyrrole nitrogens is 1. The zero-order chi connectivity index (χ0) is 33.8. The zero-order valence-electron chi connectivity index (χ0n) is 25.8. The molecular weight excluding hydrogens is 666 g/mol. The first-order valence-corrected chi connectivity index (χ1v) is 15.6. The number of amides is 2. The molecule has 0 bridgehead atoms. The van der Waals surface area contributed by atoms with Crippen molar-refractivity contribution < 1.29 is 28.2 Å². The topological polar surface area (TPSA) is 141 Å². The van der Waals surface area contributed by atoms with E-state index in [-0.39, 0.29) is 41.9 Å². The van der Waals surface area contributed by atoms with E-state index in [4.69, 9.17) is 37.4 Å². The Morgan fingerprint density at radius 2 is 1.96 bits per heavy atom. The van der Waals surface area contributed by atoms with Crippen LogP contribution in [-0.4, -0.2) is 75.8 Å². The number of hydrogen-bond acceptors (Lipinski definition) is 9. The van der Waals surface area contributed by atoms with Gasteiger partial charge in [0.1, 0.15) is 24.8 Å². The number of benzene rings is 3. The lowest BCUT2D eigenvalue weighted by Crippen LogP contribution is -2.33. The number of fused-ring (bicyclic) bond motifs is 1. The maximum Gasteiger partial charge on any atom is 0.414 e. The van der Waals surface area contributed by atoms with Gasteiger partial charge in [0, 0.05) is 57.7 Å². The summed E-state index contributed by atoms with van der Waals surface area (Å²) in [5.74, 6) is -0.0892. The van der Waals surface area contributed by atoms with E-state index in [2.05, 4.69) is 25.7 Å². The highest BCUT2D eigenvalue weighted by molar-refractivity contribution is 6.32. The predicted molar refractivity (Wildman–Crippen MR) is 176 cm³/mol. The van der Waals surface area contributed by atoms with Crippen LogP contribution in [0.1, 0.15) is 27.9 Å². The fourth-order valence-electron chi connectivity index (χ4n) is 5.14. The number of para-hydroxylation sites is 1. The number of rotatable bonds is 9. The molecule has 5 aromatic rings. The third-order valence-corrected chi connectivity index (χ3v) is 8.40. The third-order valence-electron chi connectivity index (χ3n) is 7.65. The molecule has 248 valence electrons. The maximum absolute atomic E-state index is 15.3. The largest absolute Gasteiger partial charge is 0.491 e. The molecule has 48 heavy (non-hydrogen) atoms. The molecule has 0 spiro atoms. The van der Waals surface area contributed by atoms with E-state index in [0.29, 0.717) is 52.9 Å². The molecule has 0 fully saturated rings. The van der Waals surface area contributed by atoms with Gasteiger partial charge < -0.3 is 14.2 Å². The van der Waals surface area contributed by atoms with E-state index < -0.39 is 17.8 Å². The van der Waals surface area contributed by atoms with Gasteiger partial charge in [-0.05, 0) is 48.9 Å². The summed E-state index contributed by atoms with van der Waals surface area (Å²) in [7, 11) is 1.44. The minimum atomic E-state index is -0.677. The summed E-state index contributed by atoms with van der Waals surface area (Å²) in [5.41, 5.74) is 2.90. The minimum absolute atomic E-state index is 0.00900. The van der Waals surface area contributed by atoms with E-state index in [0.717, 1.165) is 16.5 Å². The van der Waals surface area contributed by atoms with Crippen molar-refractivity contribution in [1.82, 2.24) is 30.4 Å². The van der Waals surface area contributed by atoms with Crippen molar-refractivity contribution in [3.8, 4) is 22.6 Å². The second-order valence-electron chi connectivity index (χ2n) is 10.8. The number of hydrogen-bond donors (Lipinski definition) is 1. The number of aromatic nitrogens is 6. The molecule has 3 heterocycles. The van der Waals surface area contributed by atoms with E-state index in [1.807, 2.05) is 19.1 Å². The second kappa shape index (κ2) is 14.3. The van der Waals surface area contributed by atoms with Gasteiger partial charge in [0.05, 0.1) is 25.0 Å². The smallest absolute Gasteiger partial charge is 0.414 e. The summed E-state index contributed by atoms with van der Waals surface area (Å²) < 4.78 is 34.2. The fraction of sp³-hybridized carbons (Fsp3) is 0.250. The van der Waals surface area contributed by atoms with Gasteiger partial charge in [-0.25, -0.2) is 9.18 Å². The van der Waals surface area contributed by atoms with E-state index >= 15 is 4.39 Å². The number of carbonyl (C=O) groups excluding carboxylic acids is 2. The van der Waals surface area contributed by atoms with Gasteiger partial charge in [0.15, 0.2) is 5.75 Å². The average Bonchev–Trinajstić information content (AvgIpc) is 3.74. The molecule has 2 amide bonds. The lowest BCUT2D eigenvalue weighted by Gasteiger charge is -2.22. The van der Waals surface area contributed by atoms with E-state index in [9.17, 15) is 9.59 Å². The highest BCUT2D eigenvalue weighted by atomic mass is 35.5. The fourth-order valence-corrected chi connectivity index (χ4v) is 5.57. The van der Waals surface area contributed by atoms with Crippen LogP contribution in [0.5, 0.6) is 11.5 Å². The van der Waals surface area contributed by atoms with Crippen molar-refractivity contribution in [2.24, 2.45) is 0 Å². The number of nitrogens with zero attached hydrogens (tertiary/aromatic N) is 7. The predicted octanol–water partition coefficient (Wildman–Crippen LogP) is 5.95. The SMILES string of the molecule is Cc1c(Cl)cccc1OCCOC(=O)N1CCCOc2c(-c3cnn(Cc4c(F)cc(C(=O)N(C)c5nn[nH]n5)cc4Cl)c3)cccc21. The number of anilines is 2. The number of carbonyl (C=O) groups is 2. The van der Waals surface area contributed by atoms with Gasteiger partial charge in [0.25, 0.3) is 11.9 Å². The van der Waals surface area contributed by atoms with Crippen LogP contribution in [0.4, 0.5) is 20.8 Å². The quantitative estimate of drug-likeness (QED) is 0.185. The van der Waals surface area contributed by atoms with Crippen LogP contribution in [0.25, 0.3) is 11.1 Å². The lowest BCUT2D eigenvalue weighted by atomic mass is 10.1. The first-order valence-electron chi connectivity index (χ1n) is 14.8. The van der Waals surface area contributed by atoms with Crippen LogP contribution in [0.15, 0.2) is 60.9 Å². The average molecular weight is 696 g/mol. The first kappa shape index (κ1) is 32.7. The van der Waals surface area contributed by atoms with Crippen molar-refractivity contribution in [3.05, 3.63) is 93.5 Å². The second-order valence-corrected chi connectivity index (χ2v) is 11.6. The Labute approximate surface area is 284 Å². The minimum Gasteiger partial charge on any atom is -0.491 e. The number of nitrogens with one attached hydrogen (secondary N) is 1. The molecule has 0 saturated carbocycles. The summed E-state index contributed by atoms with van der Waals surface area (Å²) in [6, 6.07) is 13.3. The highest BCUT2D eigenvalue weighted by Gasteiger charge is 2.27. The number of halogens is 3. The van der Waals surface area contributed by atoms with Crippen molar-refractivity contribution in [2.75, 3.05) is 43.2 Å². The van der Waals surface area contributed by atoms with Crippen molar-refractivity contribution >= 4 is 46.8 Å². The monoisotopic (exact) mass is 694 g/mol. The van der Waals surface area contributed by atoms with Gasteiger partial charge in [0.2, 0.25) is 0 Å². The molecular formula is C32H29Cl2FN8O5. The van der Waals surface area contributed by atoms with Gasteiger partial charge in [-0.3, -0.25) is 19.3 Å². The molecule has 3 aromatic carbocycles. The number of tetrazole rings is 1. The Kier molecular flexibility index (Phi) is 9.73. The lowest BCUT2D eigenvalue weighted by molar-refractivity contribution is 0.0991. The van der Waals surface area contributed by atoms with Gasteiger partial charge >= 0.3 is 6.09 Å². The molecule has 1 aliphatic rings. The summed E-state index contributed by atoms with van der Waals surface area (Å²) in [6.45, 7) is 2.81. The van der Waals surface area contributed by atoms with Crippen molar-refractivity contribution in [3.63, 3.8) is 0 Å². The Bertz CT molecular complexity index is 1930. The van der Waals surface area contributed by atoms with Crippen LogP contribution >= 0.6 is 23.2 Å². The molecule has 0 atom stereocenters. The number of aromatic amines is 1. The highest BCUT2D eigenvalue weighted by Crippen LogP contribution is 2.40. The molecule has 0 saturated heterocycles. The third kappa shape index (κ3) is 6.89. The Morgan fingerprint density at radius 3 is 2.75 bits per heavy atom. The van der Waals surface area contributed by atoms with Crippen LogP contribution in [0, 0.1) is 12.7 Å². The van der Waals surface area contributed by atoms with Gasteiger partial charge in [-0.15, -0.1) is 5.10 Å². The molecule has 1 N–H and O–H groups in total.